The number of hydrogen-bond donors (Lipinski definition) is 4. The summed E-state index contributed by atoms with van der Waals surface area (Å²) in [5, 5.41) is 10.5. The summed E-state index contributed by atoms with van der Waals surface area (Å²) in [5.41, 5.74) is 4.47. The first-order chi connectivity index (χ1) is 11.3. The molecule has 0 saturated carbocycles. The van der Waals surface area contributed by atoms with E-state index < -0.39 is 35.9 Å². The highest BCUT2D eigenvalue weighted by Gasteiger charge is 2.18. The van der Waals surface area contributed by atoms with Gasteiger partial charge in [-0.25, -0.2) is 8.78 Å². The highest BCUT2D eigenvalue weighted by Crippen LogP contribution is 2.19. The number of H-pyrrole nitrogens is 1. The molecule has 8 nitrogen and oxygen atoms in total. The van der Waals surface area contributed by atoms with Gasteiger partial charge in [-0.1, -0.05) is 0 Å². The van der Waals surface area contributed by atoms with Crippen molar-refractivity contribution in [1.29, 1.82) is 0 Å². The Morgan fingerprint density at radius 3 is 2.42 bits per heavy atom. The number of carbonyl (C=O) groups is 3. The van der Waals surface area contributed by atoms with Crippen molar-refractivity contribution in [2.75, 3.05) is 11.9 Å². The fraction of sp³-hybridized carbons (Fsp3) is 0.0769. The Morgan fingerprint density at radius 1 is 1.21 bits per heavy atom. The van der Waals surface area contributed by atoms with Crippen molar-refractivity contribution in [2.45, 2.75) is 0 Å². The molecule has 0 atom stereocenters. The van der Waals surface area contributed by atoms with Crippen molar-refractivity contribution >= 4 is 46.0 Å². The van der Waals surface area contributed by atoms with Crippen LogP contribution in [0.5, 0.6) is 0 Å². The second-order valence-corrected chi connectivity index (χ2v) is 5.59. The van der Waals surface area contributed by atoms with Gasteiger partial charge in [-0.15, -0.1) is 0 Å². The third kappa shape index (κ3) is 4.04. The zero-order valence-electron chi connectivity index (χ0n) is 11.8. The molecule has 0 unspecified atom stereocenters. The highest BCUT2D eigenvalue weighted by atomic mass is 127. The van der Waals surface area contributed by atoms with E-state index in [2.05, 4.69) is 20.8 Å². The molecule has 11 heteroatoms. The summed E-state index contributed by atoms with van der Waals surface area (Å²) in [4.78, 5) is 34.6. The number of aromatic nitrogens is 2. The molecule has 1 aromatic carbocycles. The minimum Gasteiger partial charge on any atom is -0.368 e. The van der Waals surface area contributed by atoms with E-state index in [4.69, 9.17) is 5.73 Å². The predicted octanol–water partition coefficient (Wildman–Crippen LogP) is 0.760. The molecular weight excluding hydrogens is 439 g/mol. The Morgan fingerprint density at radius 2 is 1.83 bits per heavy atom. The van der Waals surface area contributed by atoms with Crippen molar-refractivity contribution in [3.8, 4) is 0 Å². The van der Waals surface area contributed by atoms with Gasteiger partial charge in [-0.05, 0) is 34.7 Å². The summed E-state index contributed by atoms with van der Waals surface area (Å²) in [7, 11) is 0. The van der Waals surface area contributed by atoms with E-state index in [1.54, 1.807) is 0 Å². The second-order valence-electron chi connectivity index (χ2n) is 4.52. The van der Waals surface area contributed by atoms with Gasteiger partial charge in [0.15, 0.2) is 0 Å². The van der Waals surface area contributed by atoms with Crippen LogP contribution in [-0.4, -0.2) is 34.5 Å². The van der Waals surface area contributed by atoms with Gasteiger partial charge in [0, 0.05) is 5.56 Å². The van der Waals surface area contributed by atoms with Crippen LogP contribution in [0.25, 0.3) is 0 Å². The maximum Gasteiger partial charge on any atom is 0.271 e. The lowest BCUT2D eigenvalue weighted by Crippen LogP contribution is -2.34. The monoisotopic (exact) mass is 449 g/mol. The summed E-state index contributed by atoms with van der Waals surface area (Å²) in [6.07, 6.45) is 1.14. The van der Waals surface area contributed by atoms with E-state index in [0.717, 1.165) is 18.3 Å². The molecule has 0 radical (unpaired) electrons. The van der Waals surface area contributed by atoms with Gasteiger partial charge in [-0.2, -0.15) is 5.10 Å². The molecule has 5 N–H and O–H groups in total. The number of amides is 3. The molecule has 126 valence electrons. The molecule has 0 aliphatic rings. The van der Waals surface area contributed by atoms with Crippen molar-refractivity contribution in [3.05, 3.63) is 44.8 Å². The van der Waals surface area contributed by atoms with Crippen LogP contribution in [0.2, 0.25) is 0 Å². The van der Waals surface area contributed by atoms with Gasteiger partial charge < -0.3 is 16.4 Å². The molecule has 0 spiro atoms. The van der Waals surface area contributed by atoms with Gasteiger partial charge >= 0.3 is 0 Å². The molecule has 0 fully saturated rings. The van der Waals surface area contributed by atoms with Crippen LogP contribution in [0.3, 0.4) is 0 Å². The second kappa shape index (κ2) is 7.33. The number of aromatic amines is 1. The normalized spacial score (nSPS) is 10.3. The van der Waals surface area contributed by atoms with E-state index >= 15 is 0 Å². The third-order valence-electron chi connectivity index (χ3n) is 2.78. The fourth-order valence-electron chi connectivity index (χ4n) is 1.69. The number of nitrogens with zero attached hydrogens (tertiary/aromatic N) is 1. The average Bonchev–Trinajstić information content (AvgIpc) is 2.97. The van der Waals surface area contributed by atoms with Crippen LogP contribution >= 0.6 is 22.6 Å². The van der Waals surface area contributed by atoms with Crippen LogP contribution in [0, 0.1) is 15.2 Å². The van der Waals surface area contributed by atoms with Gasteiger partial charge in [0.2, 0.25) is 5.91 Å². The van der Waals surface area contributed by atoms with E-state index in [1.807, 2.05) is 0 Å². The number of rotatable bonds is 5. The molecule has 0 saturated heterocycles. The van der Waals surface area contributed by atoms with Gasteiger partial charge in [0.25, 0.3) is 11.8 Å². The van der Waals surface area contributed by atoms with Crippen LogP contribution in [-0.2, 0) is 4.79 Å². The fourth-order valence-corrected chi connectivity index (χ4v) is 2.00. The summed E-state index contributed by atoms with van der Waals surface area (Å²) in [6, 6.07) is 1.74. The molecular formula is C13H10F2IN5O3. The molecule has 2 aromatic rings. The Labute approximate surface area is 147 Å². The quantitative estimate of drug-likeness (QED) is 0.397. The zero-order valence-corrected chi connectivity index (χ0v) is 14.0. The van der Waals surface area contributed by atoms with Crippen molar-refractivity contribution in [3.63, 3.8) is 0 Å². The van der Waals surface area contributed by atoms with Gasteiger partial charge in [-0.3, -0.25) is 19.5 Å². The van der Waals surface area contributed by atoms with E-state index in [9.17, 15) is 23.2 Å². The lowest BCUT2D eigenvalue weighted by molar-refractivity contribution is -0.117. The molecule has 0 bridgehead atoms. The molecule has 24 heavy (non-hydrogen) atoms. The van der Waals surface area contributed by atoms with Crippen LogP contribution in [0.4, 0.5) is 14.5 Å². The first kappa shape index (κ1) is 17.8. The Hall–Kier alpha value is -2.57. The van der Waals surface area contributed by atoms with Crippen LogP contribution < -0.4 is 16.4 Å². The molecule has 3 amide bonds. The van der Waals surface area contributed by atoms with E-state index in [1.165, 1.54) is 22.6 Å². The average molecular weight is 449 g/mol. The number of benzene rings is 1. The Bertz CT molecular complexity index is 801. The summed E-state index contributed by atoms with van der Waals surface area (Å²) < 4.78 is 26.8. The Kier molecular flexibility index (Phi) is 5.43. The highest BCUT2D eigenvalue weighted by molar-refractivity contribution is 14.1. The SMILES string of the molecule is NC(=O)CNC(=O)c1[nH]ncc1NC(=O)c1cc(F)c(I)c(F)c1. The number of nitrogens with two attached hydrogens (primary N) is 1. The molecule has 1 aromatic heterocycles. The molecule has 0 aliphatic heterocycles. The summed E-state index contributed by atoms with van der Waals surface area (Å²) in [5.74, 6) is -4.09. The lowest BCUT2D eigenvalue weighted by atomic mass is 10.2. The maximum absolute atomic E-state index is 13.5. The first-order valence-electron chi connectivity index (χ1n) is 6.35. The maximum atomic E-state index is 13.5. The van der Waals surface area contributed by atoms with E-state index in [0.29, 0.717) is 0 Å². The third-order valence-corrected chi connectivity index (χ3v) is 3.81. The molecule has 0 aliphatic carbocycles. The minimum absolute atomic E-state index is 0.0265. The van der Waals surface area contributed by atoms with E-state index in [-0.39, 0.29) is 20.5 Å². The number of primary amides is 1. The van der Waals surface area contributed by atoms with Crippen LogP contribution in [0.15, 0.2) is 18.3 Å². The zero-order chi connectivity index (χ0) is 17.9. The number of halogens is 3. The summed E-state index contributed by atoms with van der Waals surface area (Å²) in [6.45, 7) is -0.404. The molecule has 1 heterocycles. The number of anilines is 1. The van der Waals surface area contributed by atoms with Gasteiger partial charge in [0.1, 0.15) is 17.3 Å². The predicted molar refractivity (Wildman–Crippen MR) is 87.1 cm³/mol. The van der Waals surface area contributed by atoms with Crippen molar-refractivity contribution < 1.29 is 23.2 Å². The largest absolute Gasteiger partial charge is 0.368 e. The standard InChI is InChI=1S/C13H10F2IN5O3/c14-6-1-5(2-7(15)10(6)16)12(23)20-8-3-19-21-11(8)13(24)18-4-9(17)22/h1-3H,4H2,(H2,17,22)(H,18,24)(H,19,21)(H,20,23). The van der Waals surface area contributed by atoms with Crippen LogP contribution in [0.1, 0.15) is 20.8 Å². The smallest absolute Gasteiger partial charge is 0.271 e. The molecule has 2 rings (SSSR count). The van der Waals surface area contributed by atoms with Gasteiger partial charge in [0.05, 0.1) is 22.0 Å². The topological polar surface area (TPSA) is 130 Å². The van der Waals surface area contributed by atoms with Crippen molar-refractivity contribution in [1.82, 2.24) is 15.5 Å². The minimum atomic E-state index is -0.882. The van der Waals surface area contributed by atoms with Crippen molar-refractivity contribution in [2.24, 2.45) is 5.73 Å². The number of nitrogens with one attached hydrogen (secondary N) is 3. The number of hydrogen-bond acceptors (Lipinski definition) is 4. The first-order valence-corrected chi connectivity index (χ1v) is 7.43. The Balaban J connectivity index is 2.17. The number of carbonyl (C=O) groups excluding carboxylic acids is 3. The summed E-state index contributed by atoms with van der Waals surface area (Å²) >= 11 is 1.47. The lowest BCUT2D eigenvalue weighted by Gasteiger charge is -2.07.